The lowest BCUT2D eigenvalue weighted by Crippen LogP contribution is -2.50. The maximum atomic E-state index is 4.43. The highest BCUT2D eigenvalue weighted by atomic mass is 127. The number of nitrogens with zero attached hydrogens (tertiary/aromatic N) is 3. The van der Waals surface area contributed by atoms with Gasteiger partial charge in [-0.3, -0.25) is 14.8 Å². The Morgan fingerprint density at radius 1 is 1.21 bits per heavy atom. The minimum atomic E-state index is 0. The summed E-state index contributed by atoms with van der Waals surface area (Å²) in [5, 5.41) is 7.14. The average Bonchev–Trinajstić information content (AvgIpc) is 3.52. The first-order chi connectivity index (χ1) is 13.0. The summed E-state index contributed by atoms with van der Waals surface area (Å²) >= 11 is 3.51. The molecule has 2 fully saturated rings. The molecule has 1 saturated heterocycles. The molecule has 7 heteroatoms. The Kier molecular flexibility index (Phi) is 10.00. The van der Waals surface area contributed by atoms with Crippen LogP contribution in [0.25, 0.3) is 0 Å². The molecule has 0 aromatic heterocycles. The number of hydrogen-bond donors (Lipinski definition) is 2. The smallest absolute Gasteiger partial charge is 0.191 e. The molecular weight excluding hydrogens is 529 g/mol. The predicted octanol–water partition coefficient (Wildman–Crippen LogP) is 3.68. The number of hydrogen-bond acceptors (Lipinski definition) is 3. The second kappa shape index (κ2) is 11.7. The van der Waals surface area contributed by atoms with Gasteiger partial charge < -0.3 is 10.6 Å². The van der Waals surface area contributed by atoms with Crippen LogP contribution in [-0.4, -0.2) is 67.6 Å². The lowest BCUT2D eigenvalue weighted by Gasteiger charge is -2.33. The molecule has 2 N–H and O–H groups in total. The van der Waals surface area contributed by atoms with E-state index in [2.05, 4.69) is 79.6 Å². The Hall–Kier alpha value is -0.380. The van der Waals surface area contributed by atoms with Crippen molar-refractivity contribution >= 4 is 45.9 Å². The second-order valence-electron chi connectivity index (χ2n) is 8.02. The number of likely N-dealkylation sites (tertiary alicyclic amines) is 1. The van der Waals surface area contributed by atoms with Gasteiger partial charge in [-0.15, -0.1) is 24.0 Å². The third kappa shape index (κ3) is 7.46. The number of guanidine groups is 1. The van der Waals surface area contributed by atoms with E-state index in [0.717, 1.165) is 55.5 Å². The summed E-state index contributed by atoms with van der Waals surface area (Å²) in [6, 6.07) is 10.5. The van der Waals surface area contributed by atoms with Gasteiger partial charge >= 0.3 is 0 Å². The van der Waals surface area contributed by atoms with Gasteiger partial charge in [0.25, 0.3) is 0 Å². The van der Waals surface area contributed by atoms with E-state index in [4.69, 9.17) is 0 Å². The zero-order valence-corrected chi connectivity index (χ0v) is 21.2. The molecule has 1 aromatic carbocycles. The minimum Gasteiger partial charge on any atom is -0.355 e. The van der Waals surface area contributed by atoms with Gasteiger partial charge in [0, 0.05) is 55.8 Å². The van der Waals surface area contributed by atoms with Gasteiger partial charge in [0.1, 0.15) is 0 Å². The van der Waals surface area contributed by atoms with Gasteiger partial charge in [0.15, 0.2) is 5.96 Å². The van der Waals surface area contributed by atoms with Crippen LogP contribution in [0.2, 0.25) is 0 Å². The normalized spacial score (nSPS) is 20.0. The standard InChI is InChI=1S/C21H34BrN5.HI/c1-16(26(3)20-8-9-20)14-24-21(23-2)25-19-10-12-27(13-11-19)15-17-4-6-18(22)7-5-17;/h4-7,16,19-20H,8-15H2,1-3H3,(H2,23,24,25);1H. The maximum Gasteiger partial charge on any atom is 0.191 e. The first-order valence-corrected chi connectivity index (χ1v) is 11.0. The lowest BCUT2D eigenvalue weighted by atomic mass is 10.0. The van der Waals surface area contributed by atoms with E-state index in [1.54, 1.807) is 0 Å². The maximum absolute atomic E-state index is 4.43. The molecule has 1 aromatic rings. The van der Waals surface area contributed by atoms with Crippen LogP contribution in [0.15, 0.2) is 33.7 Å². The van der Waals surface area contributed by atoms with Crippen LogP contribution >= 0.6 is 39.9 Å². The van der Waals surface area contributed by atoms with Crippen molar-refractivity contribution in [3.63, 3.8) is 0 Å². The molecule has 1 unspecified atom stereocenters. The first-order valence-electron chi connectivity index (χ1n) is 10.2. The summed E-state index contributed by atoms with van der Waals surface area (Å²) in [4.78, 5) is 9.46. The molecule has 1 aliphatic carbocycles. The van der Waals surface area contributed by atoms with Crippen molar-refractivity contribution in [1.29, 1.82) is 0 Å². The Morgan fingerprint density at radius 2 is 1.86 bits per heavy atom. The van der Waals surface area contributed by atoms with Gasteiger partial charge in [-0.25, -0.2) is 0 Å². The Bertz CT molecular complexity index is 612. The van der Waals surface area contributed by atoms with Crippen LogP contribution in [0, 0.1) is 0 Å². The molecule has 1 aliphatic heterocycles. The van der Waals surface area contributed by atoms with Gasteiger partial charge in [0.05, 0.1) is 0 Å². The molecule has 28 heavy (non-hydrogen) atoms. The zero-order valence-electron chi connectivity index (χ0n) is 17.3. The van der Waals surface area contributed by atoms with Gasteiger partial charge in [-0.2, -0.15) is 0 Å². The molecule has 1 atom stereocenters. The highest BCUT2D eigenvalue weighted by molar-refractivity contribution is 14.0. The van der Waals surface area contributed by atoms with Crippen molar-refractivity contribution in [1.82, 2.24) is 20.4 Å². The highest BCUT2D eigenvalue weighted by Crippen LogP contribution is 2.26. The molecule has 0 spiro atoms. The van der Waals surface area contributed by atoms with Crippen molar-refractivity contribution in [2.45, 2.75) is 57.3 Å². The van der Waals surface area contributed by atoms with Crippen LogP contribution in [0.1, 0.15) is 38.2 Å². The van der Waals surface area contributed by atoms with Gasteiger partial charge in [-0.05, 0) is 57.4 Å². The van der Waals surface area contributed by atoms with Crippen LogP contribution in [-0.2, 0) is 6.54 Å². The first kappa shape index (κ1) is 23.9. The summed E-state index contributed by atoms with van der Waals surface area (Å²) in [6.45, 7) is 6.53. The summed E-state index contributed by atoms with van der Waals surface area (Å²) in [7, 11) is 4.11. The van der Waals surface area contributed by atoms with E-state index in [0.29, 0.717) is 12.1 Å². The third-order valence-electron chi connectivity index (χ3n) is 5.85. The van der Waals surface area contributed by atoms with E-state index in [9.17, 15) is 0 Å². The van der Waals surface area contributed by atoms with Crippen LogP contribution in [0.4, 0.5) is 0 Å². The quantitative estimate of drug-likeness (QED) is 0.302. The fourth-order valence-electron chi connectivity index (χ4n) is 3.70. The largest absolute Gasteiger partial charge is 0.355 e. The Balaban J connectivity index is 0.00000280. The zero-order chi connectivity index (χ0) is 19.2. The number of halogens is 2. The fraction of sp³-hybridized carbons (Fsp3) is 0.667. The number of aliphatic imine (C=N–C) groups is 1. The Labute approximate surface area is 195 Å². The molecule has 158 valence electrons. The molecule has 5 nitrogen and oxygen atoms in total. The monoisotopic (exact) mass is 563 g/mol. The molecule has 2 aliphatic rings. The number of rotatable bonds is 7. The fourth-order valence-corrected chi connectivity index (χ4v) is 3.97. The van der Waals surface area contributed by atoms with E-state index < -0.39 is 0 Å². The summed E-state index contributed by atoms with van der Waals surface area (Å²) in [5.41, 5.74) is 1.39. The van der Waals surface area contributed by atoms with E-state index >= 15 is 0 Å². The van der Waals surface area contributed by atoms with Crippen molar-refractivity contribution in [3.05, 3.63) is 34.3 Å². The van der Waals surface area contributed by atoms with Crippen LogP contribution < -0.4 is 10.6 Å². The summed E-state index contributed by atoms with van der Waals surface area (Å²) in [5.74, 6) is 0.942. The second-order valence-corrected chi connectivity index (χ2v) is 8.94. The number of benzene rings is 1. The molecule has 3 rings (SSSR count). The molecule has 0 amide bonds. The SMILES string of the molecule is CN=C(NCC(C)N(C)C1CC1)NC1CCN(Cc2ccc(Br)cc2)CC1.I. The van der Waals surface area contributed by atoms with Crippen molar-refractivity contribution in [2.24, 2.45) is 4.99 Å². The number of nitrogens with one attached hydrogen (secondary N) is 2. The third-order valence-corrected chi connectivity index (χ3v) is 6.38. The van der Waals surface area contributed by atoms with E-state index in [1.807, 2.05) is 7.05 Å². The lowest BCUT2D eigenvalue weighted by molar-refractivity contribution is 0.198. The number of likely N-dealkylation sites (N-methyl/N-ethyl adjacent to an activating group) is 1. The summed E-state index contributed by atoms with van der Waals surface area (Å²) < 4.78 is 1.14. The predicted molar refractivity (Wildman–Crippen MR) is 133 cm³/mol. The molecule has 0 bridgehead atoms. The van der Waals surface area contributed by atoms with Crippen molar-refractivity contribution in [3.8, 4) is 0 Å². The highest BCUT2D eigenvalue weighted by Gasteiger charge is 2.29. The van der Waals surface area contributed by atoms with E-state index in [1.165, 1.54) is 18.4 Å². The topological polar surface area (TPSA) is 42.9 Å². The van der Waals surface area contributed by atoms with Gasteiger partial charge in [-0.1, -0.05) is 28.1 Å². The average molecular weight is 564 g/mol. The van der Waals surface area contributed by atoms with Gasteiger partial charge in [0.2, 0.25) is 0 Å². The van der Waals surface area contributed by atoms with E-state index in [-0.39, 0.29) is 24.0 Å². The minimum absolute atomic E-state index is 0. The van der Waals surface area contributed by atoms with Crippen molar-refractivity contribution in [2.75, 3.05) is 33.7 Å². The molecular formula is C21H35BrIN5. The number of piperidine rings is 1. The van der Waals surface area contributed by atoms with Crippen LogP contribution in [0.3, 0.4) is 0 Å². The molecule has 0 radical (unpaired) electrons. The Morgan fingerprint density at radius 3 is 2.43 bits per heavy atom. The molecule has 1 saturated carbocycles. The molecule has 1 heterocycles. The van der Waals surface area contributed by atoms with Crippen LogP contribution in [0.5, 0.6) is 0 Å². The van der Waals surface area contributed by atoms with Crippen molar-refractivity contribution < 1.29 is 0 Å². The summed E-state index contributed by atoms with van der Waals surface area (Å²) in [6.07, 6.45) is 5.03.